The van der Waals surface area contributed by atoms with Crippen LogP contribution in [0.4, 0.5) is 11.5 Å². The Morgan fingerprint density at radius 2 is 2.06 bits per heavy atom. The lowest BCUT2D eigenvalue weighted by Crippen LogP contribution is -2.10. The van der Waals surface area contributed by atoms with Gasteiger partial charge in [-0.3, -0.25) is 0 Å². The Labute approximate surface area is 111 Å². The zero-order valence-corrected chi connectivity index (χ0v) is 11.2. The molecule has 1 aromatic heterocycles. The molecule has 5 heteroatoms. The second-order valence-electron chi connectivity index (χ2n) is 3.94. The van der Waals surface area contributed by atoms with Crippen LogP contribution in [0.15, 0.2) is 41.7 Å². The van der Waals surface area contributed by atoms with Gasteiger partial charge in [0.15, 0.2) is 0 Å². The van der Waals surface area contributed by atoms with Gasteiger partial charge in [0.2, 0.25) is 0 Å². The van der Waals surface area contributed by atoms with Gasteiger partial charge in [-0.1, -0.05) is 18.2 Å². The van der Waals surface area contributed by atoms with E-state index in [0.29, 0.717) is 0 Å². The van der Waals surface area contributed by atoms with Crippen LogP contribution in [0.3, 0.4) is 0 Å². The van der Waals surface area contributed by atoms with Gasteiger partial charge in [0.25, 0.3) is 0 Å². The molecule has 0 aliphatic heterocycles. The number of rotatable bonds is 4. The lowest BCUT2D eigenvalue weighted by atomic mass is 10.1. The fourth-order valence-electron chi connectivity index (χ4n) is 1.73. The molecule has 1 aromatic carbocycles. The van der Waals surface area contributed by atoms with Crippen molar-refractivity contribution in [3.63, 3.8) is 0 Å². The summed E-state index contributed by atoms with van der Waals surface area (Å²) in [7, 11) is 0. The molecule has 0 aliphatic rings. The molecule has 0 saturated carbocycles. The van der Waals surface area contributed by atoms with E-state index in [1.807, 2.05) is 36.6 Å². The predicted octanol–water partition coefficient (Wildman–Crippen LogP) is 2.95. The summed E-state index contributed by atoms with van der Waals surface area (Å²) >= 11 is 1.59. The smallest absolute Gasteiger partial charge is 0.130 e. The monoisotopic (exact) mass is 260 g/mol. The number of anilines is 2. The third-order valence-corrected chi connectivity index (χ3v) is 3.32. The number of benzene rings is 1. The maximum absolute atomic E-state index is 5.95. The van der Waals surface area contributed by atoms with Crippen LogP contribution in [0.2, 0.25) is 0 Å². The molecule has 0 spiro atoms. The third-order valence-electron chi connectivity index (χ3n) is 2.68. The molecule has 4 nitrogen and oxygen atoms in total. The van der Waals surface area contributed by atoms with Crippen LogP contribution < -0.4 is 11.1 Å². The van der Waals surface area contributed by atoms with Crippen LogP contribution in [0.25, 0.3) is 0 Å². The number of hydrogen-bond donors (Lipinski definition) is 2. The summed E-state index contributed by atoms with van der Waals surface area (Å²) in [5, 5.41) is 4.27. The second kappa shape index (κ2) is 5.73. The summed E-state index contributed by atoms with van der Waals surface area (Å²) < 4.78 is 0. The molecule has 0 aliphatic carbocycles. The summed E-state index contributed by atoms with van der Waals surface area (Å²) in [6, 6.07) is 9.88. The first-order valence-corrected chi connectivity index (χ1v) is 6.90. The summed E-state index contributed by atoms with van der Waals surface area (Å²) in [6.45, 7) is 2.06. The highest BCUT2D eigenvalue weighted by Gasteiger charge is 2.09. The van der Waals surface area contributed by atoms with Gasteiger partial charge in [-0.25, -0.2) is 9.97 Å². The molecule has 18 heavy (non-hydrogen) atoms. The van der Waals surface area contributed by atoms with Crippen LogP contribution in [0.1, 0.15) is 18.5 Å². The highest BCUT2D eigenvalue weighted by molar-refractivity contribution is 7.98. The van der Waals surface area contributed by atoms with Gasteiger partial charge in [0.05, 0.1) is 6.04 Å². The lowest BCUT2D eigenvalue weighted by molar-refractivity contribution is 0.869. The van der Waals surface area contributed by atoms with E-state index in [-0.39, 0.29) is 6.04 Å². The molecule has 1 atom stereocenters. The van der Waals surface area contributed by atoms with Crippen LogP contribution in [-0.2, 0) is 0 Å². The molecular weight excluding hydrogens is 244 g/mol. The molecule has 94 valence electrons. The number of thioether (sulfide) groups is 1. The zero-order chi connectivity index (χ0) is 13.0. The van der Waals surface area contributed by atoms with Crippen molar-refractivity contribution >= 4 is 23.3 Å². The standard InChI is InChI=1S/C13H16N4S/c1-9(10-5-3-4-6-11(10)14)17-12-7-13(18-2)16-8-15-12/h3-9H,14H2,1-2H3,(H,15,16,17). The first-order valence-electron chi connectivity index (χ1n) is 5.67. The van der Waals surface area contributed by atoms with E-state index < -0.39 is 0 Å². The van der Waals surface area contributed by atoms with E-state index in [9.17, 15) is 0 Å². The van der Waals surface area contributed by atoms with Crippen molar-refractivity contribution < 1.29 is 0 Å². The Balaban J connectivity index is 2.16. The Bertz CT molecular complexity index is 530. The minimum absolute atomic E-state index is 0.107. The van der Waals surface area contributed by atoms with E-state index in [4.69, 9.17) is 5.73 Å². The topological polar surface area (TPSA) is 63.8 Å². The number of nitrogen functional groups attached to an aromatic ring is 1. The van der Waals surface area contributed by atoms with Crippen molar-refractivity contribution in [3.8, 4) is 0 Å². The highest BCUT2D eigenvalue weighted by Crippen LogP contribution is 2.23. The number of para-hydroxylation sites is 1. The van der Waals surface area contributed by atoms with Crippen LogP contribution >= 0.6 is 11.8 Å². The third kappa shape index (κ3) is 2.92. The van der Waals surface area contributed by atoms with E-state index in [1.54, 1.807) is 18.1 Å². The molecule has 0 saturated heterocycles. The Morgan fingerprint density at radius 1 is 1.28 bits per heavy atom. The molecule has 1 unspecified atom stereocenters. The molecule has 0 fully saturated rings. The van der Waals surface area contributed by atoms with Gasteiger partial charge >= 0.3 is 0 Å². The Kier molecular flexibility index (Phi) is 4.04. The van der Waals surface area contributed by atoms with E-state index >= 15 is 0 Å². The highest BCUT2D eigenvalue weighted by atomic mass is 32.2. The molecule has 0 amide bonds. The second-order valence-corrected chi connectivity index (χ2v) is 4.77. The van der Waals surface area contributed by atoms with Gasteiger partial charge in [-0.2, -0.15) is 0 Å². The molecular formula is C13H16N4S. The summed E-state index contributed by atoms with van der Waals surface area (Å²) in [4.78, 5) is 8.35. The summed E-state index contributed by atoms with van der Waals surface area (Å²) in [6.07, 6.45) is 3.56. The Morgan fingerprint density at radius 3 is 2.78 bits per heavy atom. The number of aromatic nitrogens is 2. The quantitative estimate of drug-likeness (QED) is 0.502. The normalized spacial score (nSPS) is 12.1. The van der Waals surface area contributed by atoms with Crippen LogP contribution in [0, 0.1) is 0 Å². The largest absolute Gasteiger partial charge is 0.398 e. The SMILES string of the molecule is CSc1cc(NC(C)c2ccccc2N)ncn1. The van der Waals surface area contributed by atoms with Crippen molar-refractivity contribution in [2.75, 3.05) is 17.3 Å². The van der Waals surface area contributed by atoms with Gasteiger partial charge in [0, 0.05) is 11.8 Å². The average Bonchev–Trinajstić information content (AvgIpc) is 2.39. The first kappa shape index (κ1) is 12.7. The van der Waals surface area contributed by atoms with Gasteiger partial charge in [-0.05, 0) is 24.8 Å². The molecule has 2 aromatic rings. The number of nitrogens with zero attached hydrogens (tertiary/aromatic N) is 2. The van der Waals surface area contributed by atoms with Crippen molar-refractivity contribution in [1.29, 1.82) is 0 Å². The fraction of sp³-hybridized carbons (Fsp3) is 0.231. The number of hydrogen-bond acceptors (Lipinski definition) is 5. The summed E-state index contributed by atoms with van der Waals surface area (Å²) in [5.74, 6) is 0.810. The van der Waals surface area contributed by atoms with E-state index in [1.165, 1.54) is 0 Å². The lowest BCUT2D eigenvalue weighted by Gasteiger charge is -2.16. The maximum atomic E-state index is 5.95. The van der Waals surface area contributed by atoms with E-state index in [0.717, 1.165) is 22.1 Å². The van der Waals surface area contributed by atoms with Gasteiger partial charge in [-0.15, -0.1) is 11.8 Å². The van der Waals surface area contributed by atoms with Crippen LogP contribution in [-0.4, -0.2) is 16.2 Å². The van der Waals surface area contributed by atoms with Gasteiger partial charge < -0.3 is 11.1 Å². The van der Waals surface area contributed by atoms with Crippen molar-refractivity contribution in [3.05, 3.63) is 42.2 Å². The fourth-order valence-corrected chi connectivity index (χ4v) is 2.12. The minimum atomic E-state index is 0.107. The minimum Gasteiger partial charge on any atom is -0.398 e. The first-order chi connectivity index (χ1) is 8.70. The van der Waals surface area contributed by atoms with Crippen LogP contribution in [0.5, 0.6) is 0 Å². The van der Waals surface area contributed by atoms with Crippen molar-refractivity contribution in [2.24, 2.45) is 0 Å². The predicted molar refractivity (Wildman–Crippen MR) is 76.7 cm³/mol. The molecule has 3 N–H and O–H groups in total. The zero-order valence-electron chi connectivity index (χ0n) is 10.4. The number of nitrogens with two attached hydrogens (primary N) is 1. The Hall–Kier alpha value is -1.75. The summed E-state index contributed by atoms with van der Waals surface area (Å²) in [5.41, 5.74) is 7.81. The molecule has 0 radical (unpaired) electrons. The average molecular weight is 260 g/mol. The number of nitrogens with one attached hydrogen (secondary N) is 1. The van der Waals surface area contributed by atoms with E-state index in [2.05, 4.69) is 22.2 Å². The molecule has 1 heterocycles. The van der Waals surface area contributed by atoms with Crippen molar-refractivity contribution in [1.82, 2.24) is 9.97 Å². The molecule has 0 bridgehead atoms. The van der Waals surface area contributed by atoms with Crippen molar-refractivity contribution in [2.45, 2.75) is 18.0 Å². The maximum Gasteiger partial charge on any atom is 0.130 e. The molecule has 2 rings (SSSR count). The van der Waals surface area contributed by atoms with Gasteiger partial charge in [0.1, 0.15) is 17.2 Å².